The summed E-state index contributed by atoms with van der Waals surface area (Å²) >= 11 is 6.10. The third-order valence-corrected chi connectivity index (χ3v) is 2.74. The maximum Gasteiger partial charge on any atom is 0.213 e. The van der Waals surface area contributed by atoms with E-state index in [4.69, 9.17) is 21.1 Å². The molecular formula is C14H23ClN2O2. The maximum atomic E-state index is 6.10. The molecule has 0 radical (unpaired) electrons. The van der Waals surface area contributed by atoms with Crippen LogP contribution >= 0.6 is 11.6 Å². The minimum atomic E-state index is 0.218. The van der Waals surface area contributed by atoms with Crippen LogP contribution in [0.1, 0.15) is 32.9 Å². The van der Waals surface area contributed by atoms with Crippen molar-refractivity contribution in [1.29, 1.82) is 0 Å². The summed E-state index contributed by atoms with van der Waals surface area (Å²) in [6.07, 6.45) is 1.30. The number of halogens is 1. The van der Waals surface area contributed by atoms with Crippen LogP contribution in [0.5, 0.6) is 5.88 Å². The molecule has 108 valence electrons. The van der Waals surface area contributed by atoms with E-state index in [9.17, 15) is 0 Å². The molecule has 0 aliphatic carbocycles. The first kappa shape index (κ1) is 16.2. The molecule has 1 aromatic heterocycles. The van der Waals surface area contributed by atoms with Gasteiger partial charge in [-0.15, -0.1) is 0 Å². The molecule has 1 rings (SSSR count). The molecule has 0 fully saturated rings. The van der Waals surface area contributed by atoms with Crippen molar-refractivity contribution in [2.75, 3.05) is 19.8 Å². The first-order valence-corrected chi connectivity index (χ1v) is 7.11. The maximum absolute atomic E-state index is 6.10. The Morgan fingerprint density at radius 3 is 2.79 bits per heavy atom. The fourth-order valence-electron chi connectivity index (χ4n) is 1.48. The van der Waals surface area contributed by atoms with E-state index in [0.29, 0.717) is 30.7 Å². The molecule has 0 aliphatic heterocycles. The molecule has 5 heteroatoms. The van der Waals surface area contributed by atoms with Crippen molar-refractivity contribution in [3.63, 3.8) is 0 Å². The lowest BCUT2D eigenvalue weighted by Crippen LogP contribution is -2.16. The van der Waals surface area contributed by atoms with Gasteiger partial charge in [-0.3, -0.25) is 0 Å². The Labute approximate surface area is 120 Å². The molecule has 0 atom stereocenters. The van der Waals surface area contributed by atoms with E-state index < -0.39 is 0 Å². The zero-order chi connectivity index (χ0) is 14.1. The third-order valence-electron chi connectivity index (χ3n) is 2.40. The van der Waals surface area contributed by atoms with Crippen molar-refractivity contribution >= 4 is 11.6 Å². The monoisotopic (exact) mass is 286 g/mol. The summed E-state index contributed by atoms with van der Waals surface area (Å²) in [5.41, 5.74) is 0.817. The topological polar surface area (TPSA) is 43.4 Å². The fourth-order valence-corrected chi connectivity index (χ4v) is 1.65. The van der Waals surface area contributed by atoms with Gasteiger partial charge in [-0.05, 0) is 32.9 Å². The van der Waals surface area contributed by atoms with Crippen LogP contribution in [0.3, 0.4) is 0 Å². The molecule has 1 N–H and O–H groups in total. The van der Waals surface area contributed by atoms with E-state index in [1.165, 1.54) is 0 Å². The number of ether oxygens (including phenoxy) is 2. The molecule has 1 heterocycles. The zero-order valence-corrected chi connectivity index (χ0v) is 12.7. The quantitative estimate of drug-likeness (QED) is 0.709. The second-order valence-corrected chi connectivity index (χ2v) is 4.93. The first-order chi connectivity index (χ1) is 9.13. The van der Waals surface area contributed by atoms with Gasteiger partial charge in [0.1, 0.15) is 6.61 Å². The molecule has 0 spiro atoms. The van der Waals surface area contributed by atoms with Crippen LogP contribution in [0.15, 0.2) is 12.1 Å². The Bertz CT molecular complexity index is 372. The number of pyridine rings is 1. The largest absolute Gasteiger partial charge is 0.475 e. The Kier molecular flexibility index (Phi) is 7.79. The third kappa shape index (κ3) is 6.76. The number of nitrogens with one attached hydrogen (secondary N) is 1. The Morgan fingerprint density at radius 1 is 1.32 bits per heavy atom. The van der Waals surface area contributed by atoms with E-state index in [-0.39, 0.29) is 6.10 Å². The fraction of sp³-hybridized carbons (Fsp3) is 0.643. The van der Waals surface area contributed by atoms with Crippen LogP contribution in [-0.4, -0.2) is 30.8 Å². The van der Waals surface area contributed by atoms with E-state index >= 15 is 0 Å². The number of aromatic nitrogens is 1. The Hall–Kier alpha value is -0.840. The van der Waals surface area contributed by atoms with Crippen LogP contribution < -0.4 is 10.1 Å². The van der Waals surface area contributed by atoms with Crippen LogP contribution in [0.25, 0.3) is 0 Å². The van der Waals surface area contributed by atoms with Crippen molar-refractivity contribution in [1.82, 2.24) is 10.3 Å². The second kappa shape index (κ2) is 9.13. The van der Waals surface area contributed by atoms with Gasteiger partial charge in [-0.1, -0.05) is 18.5 Å². The van der Waals surface area contributed by atoms with E-state index in [2.05, 4.69) is 17.2 Å². The average molecular weight is 287 g/mol. The molecule has 0 saturated carbocycles. The predicted octanol–water partition coefficient (Wildman–Crippen LogP) is 3.04. The van der Waals surface area contributed by atoms with Crippen LogP contribution in [0, 0.1) is 0 Å². The summed E-state index contributed by atoms with van der Waals surface area (Å²) in [4.78, 5) is 4.39. The number of nitrogens with zero attached hydrogens (tertiary/aromatic N) is 1. The summed E-state index contributed by atoms with van der Waals surface area (Å²) in [7, 11) is 0. The Balaban J connectivity index is 2.43. The Morgan fingerprint density at radius 2 is 2.11 bits per heavy atom. The standard InChI is InChI=1S/C14H23ClN2O2/c1-4-7-16-10-13-12(15)5-6-14(17-13)19-9-8-18-11(2)3/h5-6,11,16H,4,7-10H2,1-3H3. The molecule has 0 unspecified atom stereocenters. The van der Waals surface area contributed by atoms with E-state index in [1.54, 1.807) is 6.07 Å². The minimum Gasteiger partial charge on any atom is -0.475 e. The highest BCUT2D eigenvalue weighted by Gasteiger charge is 2.04. The molecule has 1 aromatic rings. The van der Waals surface area contributed by atoms with Crippen LogP contribution in [-0.2, 0) is 11.3 Å². The zero-order valence-electron chi connectivity index (χ0n) is 11.9. The van der Waals surface area contributed by atoms with Gasteiger partial charge in [0.05, 0.1) is 23.4 Å². The van der Waals surface area contributed by atoms with Crippen molar-refractivity contribution in [3.05, 3.63) is 22.8 Å². The highest BCUT2D eigenvalue weighted by Crippen LogP contribution is 2.17. The smallest absolute Gasteiger partial charge is 0.213 e. The van der Waals surface area contributed by atoms with E-state index in [0.717, 1.165) is 18.7 Å². The lowest BCUT2D eigenvalue weighted by atomic mass is 10.3. The predicted molar refractivity (Wildman–Crippen MR) is 77.8 cm³/mol. The van der Waals surface area contributed by atoms with Crippen molar-refractivity contribution in [3.8, 4) is 5.88 Å². The first-order valence-electron chi connectivity index (χ1n) is 6.74. The molecule has 4 nitrogen and oxygen atoms in total. The molecule has 0 amide bonds. The summed E-state index contributed by atoms with van der Waals surface area (Å²) in [6, 6.07) is 3.59. The average Bonchev–Trinajstić information content (AvgIpc) is 2.38. The normalized spacial score (nSPS) is 11.0. The number of hydrogen-bond acceptors (Lipinski definition) is 4. The van der Waals surface area contributed by atoms with Gasteiger partial charge in [-0.25, -0.2) is 4.98 Å². The van der Waals surface area contributed by atoms with Gasteiger partial charge in [0.25, 0.3) is 0 Å². The summed E-state index contributed by atoms with van der Waals surface area (Å²) < 4.78 is 10.9. The SMILES string of the molecule is CCCNCc1nc(OCCOC(C)C)ccc1Cl. The van der Waals surface area contributed by atoms with Crippen LogP contribution in [0.2, 0.25) is 5.02 Å². The highest BCUT2D eigenvalue weighted by molar-refractivity contribution is 6.31. The number of rotatable bonds is 9. The summed E-state index contributed by atoms with van der Waals surface area (Å²) in [5, 5.41) is 3.94. The van der Waals surface area contributed by atoms with Gasteiger partial charge < -0.3 is 14.8 Å². The highest BCUT2D eigenvalue weighted by atomic mass is 35.5. The van der Waals surface area contributed by atoms with Gasteiger partial charge in [0, 0.05) is 12.6 Å². The van der Waals surface area contributed by atoms with Gasteiger partial charge >= 0.3 is 0 Å². The summed E-state index contributed by atoms with van der Waals surface area (Å²) in [6.45, 7) is 8.78. The van der Waals surface area contributed by atoms with E-state index in [1.807, 2.05) is 19.9 Å². The molecule has 0 saturated heterocycles. The lowest BCUT2D eigenvalue weighted by molar-refractivity contribution is 0.0542. The van der Waals surface area contributed by atoms with Crippen molar-refractivity contribution in [2.45, 2.75) is 39.8 Å². The lowest BCUT2D eigenvalue weighted by Gasteiger charge is -2.10. The van der Waals surface area contributed by atoms with Gasteiger partial charge in [-0.2, -0.15) is 0 Å². The van der Waals surface area contributed by atoms with Gasteiger partial charge in [0.2, 0.25) is 5.88 Å². The van der Waals surface area contributed by atoms with Crippen molar-refractivity contribution in [2.24, 2.45) is 0 Å². The number of hydrogen-bond donors (Lipinski definition) is 1. The van der Waals surface area contributed by atoms with Crippen molar-refractivity contribution < 1.29 is 9.47 Å². The molecule has 0 aliphatic rings. The molecular weight excluding hydrogens is 264 g/mol. The van der Waals surface area contributed by atoms with Gasteiger partial charge in [0.15, 0.2) is 0 Å². The second-order valence-electron chi connectivity index (χ2n) is 4.52. The molecule has 19 heavy (non-hydrogen) atoms. The van der Waals surface area contributed by atoms with Crippen LogP contribution in [0.4, 0.5) is 0 Å². The summed E-state index contributed by atoms with van der Waals surface area (Å²) in [5.74, 6) is 0.588. The molecule has 0 aromatic carbocycles. The molecule has 0 bridgehead atoms. The minimum absolute atomic E-state index is 0.218.